The van der Waals surface area contributed by atoms with Gasteiger partial charge in [0.2, 0.25) is 0 Å². The number of carbonyl (C=O) groups is 1. The van der Waals surface area contributed by atoms with Crippen LogP contribution in [0, 0.1) is 0 Å². The van der Waals surface area contributed by atoms with Gasteiger partial charge < -0.3 is 19.7 Å². The molecule has 11 heteroatoms. The molecule has 194 valence electrons. The Morgan fingerprint density at radius 1 is 1.22 bits per heavy atom. The Balaban J connectivity index is 1.54. The molecule has 4 rings (SSSR count). The van der Waals surface area contributed by atoms with E-state index >= 15 is 0 Å². The molecule has 1 fully saturated rings. The van der Waals surface area contributed by atoms with Gasteiger partial charge in [-0.3, -0.25) is 9.69 Å². The fourth-order valence-corrected chi connectivity index (χ4v) is 4.69. The zero-order valence-corrected chi connectivity index (χ0v) is 20.2. The number of piperidine rings is 1. The molecule has 3 aromatic rings. The van der Waals surface area contributed by atoms with E-state index in [4.69, 9.17) is 0 Å². The van der Waals surface area contributed by atoms with Crippen molar-refractivity contribution in [2.24, 2.45) is 0 Å². The first kappa shape index (κ1) is 26.1. The molecule has 3 heterocycles. The van der Waals surface area contributed by atoms with Gasteiger partial charge in [0.15, 0.2) is 0 Å². The van der Waals surface area contributed by atoms with E-state index < -0.39 is 23.4 Å². The fourth-order valence-electron chi connectivity index (χ4n) is 4.69. The number of halogens is 3. The highest BCUT2D eigenvalue weighted by Crippen LogP contribution is 2.31. The molecule has 8 nitrogen and oxygen atoms in total. The summed E-state index contributed by atoms with van der Waals surface area (Å²) in [5.41, 5.74) is -0.777. The SMILES string of the molecule is CCN(Cc1ccc(C(F)(F)F)cc1)c1ncnc2c1ccn2C[C@]1(O)CCN(CC(C)=O)C[C@H]1O. The first-order valence-corrected chi connectivity index (χ1v) is 11.8. The zero-order chi connectivity index (χ0) is 26.1. The van der Waals surface area contributed by atoms with Crippen molar-refractivity contribution in [2.45, 2.75) is 51.2 Å². The third-order valence-corrected chi connectivity index (χ3v) is 6.67. The predicted octanol–water partition coefficient (Wildman–Crippen LogP) is 2.86. The molecular formula is C25H30F3N5O3. The maximum absolute atomic E-state index is 12.9. The third-order valence-electron chi connectivity index (χ3n) is 6.67. The Bertz CT molecular complexity index is 1210. The molecule has 0 radical (unpaired) electrons. The number of fused-ring (bicyclic) bond motifs is 1. The number of carbonyl (C=O) groups excluding carboxylic acids is 1. The van der Waals surface area contributed by atoms with E-state index in [1.165, 1.54) is 25.4 Å². The van der Waals surface area contributed by atoms with Gasteiger partial charge in [0.1, 0.15) is 29.2 Å². The van der Waals surface area contributed by atoms with Crippen LogP contribution in [0.25, 0.3) is 11.0 Å². The summed E-state index contributed by atoms with van der Waals surface area (Å²) in [5.74, 6) is 0.634. The Labute approximate surface area is 207 Å². The van der Waals surface area contributed by atoms with Gasteiger partial charge in [-0.05, 0) is 44.0 Å². The Morgan fingerprint density at radius 2 is 1.94 bits per heavy atom. The van der Waals surface area contributed by atoms with E-state index in [1.54, 1.807) is 10.8 Å². The molecule has 0 bridgehead atoms. The summed E-state index contributed by atoms with van der Waals surface area (Å²) in [5, 5.41) is 22.6. The molecular weight excluding hydrogens is 475 g/mol. The number of likely N-dealkylation sites (tertiary alicyclic amines) is 1. The van der Waals surface area contributed by atoms with E-state index in [2.05, 4.69) is 9.97 Å². The average Bonchev–Trinajstić information content (AvgIpc) is 3.22. The maximum atomic E-state index is 12.9. The Morgan fingerprint density at radius 3 is 2.56 bits per heavy atom. The van der Waals surface area contributed by atoms with Crippen LogP contribution in [0.1, 0.15) is 31.4 Å². The number of ketones is 1. The van der Waals surface area contributed by atoms with E-state index in [1.807, 2.05) is 22.8 Å². The van der Waals surface area contributed by atoms with Crippen LogP contribution in [0.3, 0.4) is 0 Å². The van der Waals surface area contributed by atoms with Crippen molar-refractivity contribution in [1.29, 1.82) is 0 Å². The van der Waals surface area contributed by atoms with Crippen molar-refractivity contribution in [3.63, 3.8) is 0 Å². The van der Waals surface area contributed by atoms with Gasteiger partial charge in [0.05, 0.1) is 30.1 Å². The van der Waals surface area contributed by atoms with Crippen molar-refractivity contribution in [2.75, 3.05) is 31.1 Å². The number of benzene rings is 1. The van der Waals surface area contributed by atoms with Crippen molar-refractivity contribution in [3.8, 4) is 0 Å². The first-order valence-electron chi connectivity index (χ1n) is 11.8. The zero-order valence-electron chi connectivity index (χ0n) is 20.2. The minimum atomic E-state index is -4.38. The molecule has 1 aliphatic rings. The lowest BCUT2D eigenvalue weighted by Crippen LogP contribution is -2.58. The van der Waals surface area contributed by atoms with Crippen LogP contribution in [0.4, 0.5) is 19.0 Å². The fraction of sp³-hybridized carbons (Fsp3) is 0.480. The molecule has 1 aromatic carbocycles. The second-order valence-corrected chi connectivity index (χ2v) is 9.39. The second-order valence-electron chi connectivity index (χ2n) is 9.39. The summed E-state index contributed by atoms with van der Waals surface area (Å²) in [6, 6.07) is 6.90. The van der Waals surface area contributed by atoms with Gasteiger partial charge >= 0.3 is 6.18 Å². The van der Waals surface area contributed by atoms with Crippen LogP contribution < -0.4 is 4.90 Å². The van der Waals surface area contributed by atoms with Gasteiger partial charge in [0.25, 0.3) is 0 Å². The van der Waals surface area contributed by atoms with Crippen molar-refractivity contribution < 1.29 is 28.2 Å². The van der Waals surface area contributed by atoms with Gasteiger partial charge in [-0.25, -0.2) is 9.97 Å². The molecule has 0 unspecified atom stereocenters. The molecule has 2 atom stereocenters. The Kier molecular flexibility index (Phi) is 7.35. The van der Waals surface area contributed by atoms with Crippen molar-refractivity contribution in [1.82, 2.24) is 19.4 Å². The predicted molar refractivity (Wildman–Crippen MR) is 128 cm³/mol. The minimum absolute atomic E-state index is 0.00467. The van der Waals surface area contributed by atoms with Crippen LogP contribution in [0.2, 0.25) is 0 Å². The number of anilines is 1. The lowest BCUT2D eigenvalue weighted by atomic mass is 9.88. The lowest BCUT2D eigenvalue weighted by molar-refractivity contribution is -0.137. The van der Waals surface area contributed by atoms with Crippen molar-refractivity contribution in [3.05, 3.63) is 54.0 Å². The number of alkyl halides is 3. The number of aromatic nitrogens is 3. The number of hydrogen-bond acceptors (Lipinski definition) is 7. The Hall–Kier alpha value is -3.02. The smallest absolute Gasteiger partial charge is 0.389 e. The van der Waals surface area contributed by atoms with Gasteiger partial charge in [-0.2, -0.15) is 13.2 Å². The maximum Gasteiger partial charge on any atom is 0.416 e. The highest BCUT2D eigenvalue weighted by Gasteiger charge is 2.41. The summed E-state index contributed by atoms with van der Waals surface area (Å²) in [4.78, 5) is 24.0. The summed E-state index contributed by atoms with van der Waals surface area (Å²) < 4.78 is 40.5. The quantitative estimate of drug-likeness (QED) is 0.486. The molecule has 0 amide bonds. The number of rotatable bonds is 8. The molecule has 0 aliphatic carbocycles. The number of nitrogens with zero attached hydrogens (tertiary/aromatic N) is 5. The van der Waals surface area contributed by atoms with Crippen LogP contribution in [0.15, 0.2) is 42.9 Å². The van der Waals surface area contributed by atoms with Gasteiger partial charge in [-0.15, -0.1) is 0 Å². The number of aliphatic hydroxyl groups excluding tert-OH is 1. The summed E-state index contributed by atoms with van der Waals surface area (Å²) in [6.45, 7) is 5.40. The number of β-amino-alcohol motifs (C(OH)–C–C–N with tert-alkyl or cyclic N) is 1. The second kappa shape index (κ2) is 10.2. The molecule has 1 saturated heterocycles. The minimum Gasteiger partial charge on any atom is -0.389 e. The van der Waals surface area contributed by atoms with E-state index in [0.29, 0.717) is 43.1 Å². The largest absolute Gasteiger partial charge is 0.416 e. The van der Waals surface area contributed by atoms with E-state index in [0.717, 1.165) is 17.5 Å². The van der Waals surface area contributed by atoms with Crippen molar-refractivity contribution >= 4 is 22.6 Å². The molecule has 2 N–H and O–H groups in total. The van der Waals surface area contributed by atoms with Gasteiger partial charge in [-0.1, -0.05) is 12.1 Å². The summed E-state index contributed by atoms with van der Waals surface area (Å²) in [6.07, 6.45) is -1.92. The monoisotopic (exact) mass is 505 g/mol. The highest BCUT2D eigenvalue weighted by molar-refractivity contribution is 5.87. The highest BCUT2D eigenvalue weighted by atomic mass is 19.4. The summed E-state index contributed by atoms with van der Waals surface area (Å²) in [7, 11) is 0. The van der Waals surface area contributed by atoms with E-state index in [-0.39, 0.29) is 25.4 Å². The molecule has 0 spiro atoms. The molecule has 2 aromatic heterocycles. The number of aliphatic hydroxyl groups is 2. The van der Waals surface area contributed by atoms with Crippen LogP contribution >= 0.6 is 0 Å². The molecule has 36 heavy (non-hydrogen) atoms. The standard InChI is InChI=1S/C25H30F3N5O3/c1-3-32(13-18-4-6-19(7-5-18)25(26,27)28)22-20-8-10-33(23(20)30-16-29-22)15-24(36)9-11-31(12-17(2)34)14-21(24)35/h4-8,10,16,21,35-36H,3,9,11-15H2,1-2H3/t21-,24-/m1/s1. The van der Waals surface area contributed by atoms with Crippen LogP contribution in [-0.4, -0.2) is 73.3 Å². The number of Topliss-reactive ketones (excluding diaryl/α,β-unsaturated/α-hetero) is 1. The number of hydrogen-bond donors (Lipinski definition) is 2. The third kappa shape index (κ3) is 5.53. The van der Waals surface area contributed by atoms with E-state index in [9.17, 15) is 28.2 Å². The average molecular weight is 506 g/mol. The molecule has 1 aliphatic heterocycles. The topological polar surface area (TPSA) is 94.7 Å². The lowest BCUT2D eigenvalue weighted by Gasteiger charge is -2.42. The van der Waals surface area contributed by atoms with Gasteiger partial charge in [0, 0.05) is 32.4 Å². The van der Waals surface area contributed by atoms with Crippen LogP contribution in [0.5, 0.6) is 0 Å². The van der Waals surface area contributed by atoms with Crippen LogP contribution in [-0.2, 0) is 24.1 Å². The summed E-state index contributed by atoms with van der Waals surface area (Å²) >= 11 is 0. The normalized spacial score (nSPS) is 21.1. The first-order chi connectivity index (χ1) is 17.0. The molecule has 0 saturated carbocycles.